The normalized spacial score (nSPS) is 21.1. The Morgan fingerprint density at radius 1 is 0.578 bits per heavy atom. The van der Waals surface area contributed by atoms with Gasteiger partial charge < -0.3 is 37.7 Å². The molecular weight excluding hydrogens is 871 g/mol. The fourth-order valence-corrected chi connectivity index (χ4v) is 9.77. The van der Waals surface area contributed by atoms with E-state index in [0.717, 1.165) is 76.5 Å². The van der Waals surface area contributed by atoms with E-state index in [2.05, 4.69) is 65.4 Å². The molecular formula is C48H62BBrN10O4. The van der Waals surface area contributed by atoms with E-state index in [1.165, 1.54) is 90.4 Å². The molecule has 0 N–H and O–H groups in total. The van der Waals surface area contributed by atoms with Crippen molar-refractivity contribution < 1.29 is 18.1 Å². The number of piperidine rings is 4. The molecule has 0 aliphatic carbocycles. The third-order valence-corrected chi connectivity index (χ3v) is 14.4. The first kappa shape index (κ1) is 44.7. The monoisotopic (exact) mass is 932 g/mol. The van der Waals surface area contributed by atoms with E-state index in [-0.39, 0.29) is 18.3 Å². The quantitative estimate of drug-likeness (QED) is 0.148. The van der Waals surface area contributed by atoms with Crippen molar-refractivity contribution in [1.29, 1.82) is 0 Å². The Bertz CT molecular complexity index is 2390. The Morgan fingerprint density at radius 3 is 1.58 bits per heavy atom. The maximum atomic E-state index is 6.07. The first-order valence-electron chi connectivity index (χ1n) is 23.4. The second-order valence-electron chi connectivity index (χ2n) is 18.8. The van der Waals surface area contributed by atoms with Crippen LogP contribution in [0.3, 0.4) is 0 Å². The van der Waals surface area contributed by atoms with Crippen molar-refractivity contribution in [1.82, 2.24) is 39.7 Å². The average molecular weight is 934 g/mol. The minimum atomic E-state index is -0.302. The van der Waals surface area contributed by atoms with Crippen LogP contribution in [0.15, 0.2) is 86.9 Å². The van der Waals surface area contributed by atoms with Gasteiger partial charge in [0.1, 0.15) is 0 Å². The number of fused-ring (bicyclic) bond motifs is 2. The summed E-state index contributed by atoms with van der Waals surface area (Å²) >= 11 is 3.42. The number of anilines is 2. The summed E-state index contributed by atoms with van der Waals surface area (Å²) in [6.45, 7) is 17.3. The van der Waals surface area contributed by atoms with Crippen LogP contribution in [0.2, 0.25) is 0 Å². The molecule has 14 nitrogen and oxygen atoms in total. The van der Waals surface area contributed by atoms with E-state index in [0.29, 0.717) is 17.3 Å². The molecule has 338 valence electrons. The Labute approximate surface area is 385 Å². The molecule has 0 aromatic carbocycles. The van der Waals surface area contributed by atoms with Crippen LogP contribution in [-0.4, -0.2) is 122 Å². The molecule has 11 heterocycles. The standard InChI is InChI=1S/C21H25N5O.C16H21BrN4O.C11H16BNO2/c1-2-9-25(10-3-1)18-6-11-26(12-7-18)21-24-20-19(27-21)13-17(15-23-20)16-5-4-8-22-14-16;17-12-10-14-15(18-11-12)19-16(22-14)21-8-4-13(5-9-21)20-6-2-1-3-7-20;1-10(2)11(3,4)15-12(14-10)9-6-5-7-13-8-9/h4-5,8,13-15,18H,1-3,6-7,9-12H2;10-11,13H,1-9H2;5-8H,1-4H3. The lowest BCUT2D eigenvalue weighted by Crippen LogP contribution is -2.46. The fraction of sp³-hybridized carbons (Fsp3) is 0.542. The first-order valence-corrected chi connectivity index (χ1v) is 24.2. The summed E-state index contributed by atoms with van der Waals surface area (Å²) < 4.78 is 24.6. The highest BCUT2D eigenvalue weighted by molar-refractivity contribution is 9.10. The number of nitrogens with zero attached hydrogens (tertiary/aromatic N) is 10. The van der Waals surface area contributed by atoms with E-state index < -0.39 is 0 Å². The topological polar surface area (TPSA) is 135 Å². The van der Waals surface area contributed by atoms with Gasteiger partial charge in [0.05, 0.1) is 11.2 Å². The molecule has 0 amide bonds. The maximum Gasteiger partial charge on any atom is 0.496 e. The smallest absolute Gasteiger partial charge is 0.422 e. The van der Waals surface area contributed by atoms with Crippen molar-refractivity contribution in [3.63, 3.8) is 0 Å². The Balaban J connectivity index is 0.000000127. The number of likely N-dealkylation sites (tertiary alicyclic amines) is 2. The van der Waals surface area contributed by atoms with Crippen LogP contribution in [0.25, 0.3) is 33.6 Å². The van der Waals surface area contributed by atoms with Gasteiger partial charge in [0.15, 0.2) is 11.2 Å². The van der Waals surface area contributed by atoms with Crippen LogP contribution in [0.5, 0.6) is 0 Å². The first-order chi connectivity index (χ1) is 31.1. The zero-order valence-electron chi connectivity index (χ0n) is 37.9. The van der Waals surface area contributed by atoms with E-state index >= 15 is 0 Å². The second kappa shape index (κ2) is 20.0. The maximum absolute atomic E-state index is 6.07. The molecule has 0 atom stereocenters. The summed E-state index contributed by atoms with van der Waals surface area (Å²) in [5.74, 6) is 0. The number of pyridine rings is 4. The highest BCUT2D eigenvalue weighted by Gasteiger charge is 2.51. The largest absolute Gasteiger partial charge is 0.496 e. The highest BCUT2D eigenvalue weighted by Crippen LogP contribution is 2.36. The van der Waals surface area contributed by atoms with Crippen LogP contribution < -0.4 is 15.3 Å². The van der Waals surface area contributed by atoms with Gasteiger partial charge in [-0.25, -0.2) is 9.97 Å². The van der Waals surface area contributed by atoms with Crippen molar-refractivity contribution >= 4 is 63.0 Å². The predicted molar refractivity (Wildman–Crippen MR) is 256 cm³/mol. The summed E-state index contributed by atoms with van der Waals surface area (Å²) in [6.07, 6.45) is 23.8. The van der Waals surface area contributed by atoms with E-state index in [1.807, 2.05) is 76.5 Å². The summed E-state index contributed by atoms with van der Waals surface area (Å²) in [5, 5.41) is 0. The van der Waals surface area contributed by atoms with Gasteiger partial charge in [0, 0.05) is 103 Å². The van der Waals surface area contributed by atoms with Gasteiger partial charge in [-0.1, -0.05) is 25.0 Å². The summed E-state index contributed by atoms with van der Waals surface area (Å²) in [4.78, 5) is 36.1. The van der Waals surface area contributed by atoms with Gasteiger partial charge in [0.25, 0.3) is 12.0 Å². The van der Waals surface area contributed by atoms with Gasteiger partial charge >= 0.3 is 7.12 Å². The van der Waals surface area contributed by atoms with Crippen LogP contribution in [0.1, 0.15) is 91.9 Å². The molecule has 64 heavy (non-hydrogen) atoms. The Hall–Kier alpha value is -4.48. The molecule has 0 bridgehead atoms. The number of oxazole rings is 2. The average Bonchev–Trinajstić information content (AvgIpc) is 4.03. The second-order valence-corrected chi connectivity index (χ2v) is 19.7. The van der Waals surface area contributed by atoms with E-state index in [1.54, 1.807) is 24.8 Å². The molecule has 16 heteroatoms. The molecule has 0 spiro atoms. The molecule has 11 rings (SSSR count). The van der Waals surface area contributed by atoms with Crippen LogP contribution in [0.4, 0.5) is 12.0 Å². The molecule has 0 unspecified atom stereocenters. The van der Waals surface area contributed by atoms with Gasteiger partial charge in [-0.05, 0) is 139 Å². The molecule has 5 aliphatic rings. The van der Waals surface area contributed by atoms with Gasteiger partial charge in [-0.3, -0.25) is 9.97 Å². The van der Waals surface area contributed by atoms with E-state index in [4.69, 9.17) is 18.1 Å². The van der Waals surface area contributed by atoms with Crippen molar-refractivity contribution in [2.45, 2.75) is 115 Å². The SMILES string of the molecule is Brc1cnc2nc(N3CCC(N4CCCCC4)CC3)oc2c1.CC1(C)OB(c2cccnc2)OC1(C)C.c1cncc(-c2cnc3nc(N4CCC(N5CCCCC5)CC4)oc3c2)c1. The lowest BCUT2D eigenvalue weighted by molar-refractivity contribution is 0.00578. The molecule has 6 aromatic heterocycles. The molecule has 5 aliphatic heterocycles. The zero-order chi connectivity index (χ0) is 44.1. The third-order valence-electron chi connectivity index (χ3n) is 13.9. The van der Waals surface area contributed by atoms with Crippen molar-refractivity contribution in [2.75, 3.05) is 62.2 Å². The zero-order valence-corrected chi connectivity index (χ0v) is 39.5. The Kier molecular flexibility index (Phi) is 13.9. The molecule has 5 saturated heterocycles. The van der Waals surface area contributed by atoms with Gasteiger partial charge in [-0.15, -0.1) is 0 Å². The lowest BCUT2D eigenvalue weighted by atomic mass is 9.80. The predicted octanol–water partition coefficient (Wildman–Crippen LogP) is 8.56. The van der Waals surface area contributed by atoms with E-state index in [9.17, 15) is 0 Å². The van der Waals surface area contributed by atoms with Crippen molar-refractivity contribution in [3.05, 3.63) is 78.1 Å². The van der Waals surface area contributed by atoms with Crippen LogP contribution in [-0.2, 0) is 9.31 Å². The number of hydrogen-bond donors (Lipinski definition) is 0. The fourth-order valence-electron chi connectivity index (χ4n) is 9.46. The van der Waals surface area contributed by atoms with Gasteiger partial charge in [-0.2, -0.15) is 9.97 Å². The van der Waals surface area contributed by atoms with Crippen LogP contribution in [0, 0.1) is 0 Å². The van der Waals surface area contributed by atoms with Gasteiger partial charge in [0.2, 0.25) is 11.3 Å². The third kappa shape index (κ3) is 10.5. The highest BCUT2D eigenvalue weighted by atomic mass is 79.9. The Morgan fingerprint density at radius 2 is 1.08 bits per heavy atom. The van der Waals surface area contributed by atoms with Crippen molar-refractivity contribution in [3.8, 4) is 11.1 Å². The molecule has 0 saturated carbocycles. The summed E-state index contributed by atoms with van der Waals surface area (Å²) in [5.41, 5.74) is 5.30. The minimum Gasteiger partial charge on any atom is -0.422 e. The number of hydrogen-bond acceptors (Lipinski definition) is 14. The number of aromatic nitrogens is 6. The summed E-state index contributed by atoms with van der Waals surface area (Å²) in [6, 6.07) is 14.6. The van der Waals surface area contributed by atoms with Crippen molar-refractivity contribution in [2.24, 2.45) is 0 Å². The number of rotatable bonds is 6. The molecule has 5 fully saturated rings. The molecule has 6 aromatic rings. The lowest BCUT2D eigenvalue weighted by Gasteiger charge is -2.39. The molecule has 0 radical (unpaired) electrons. The minimum absolute atomic E-state index is 0.284. The van der Waals surface area contributed by atoms with Crippen LogP contribution >= 0.6 is 15.9 Å². The summed E-state index contributed by atoms with van der Waals surface area (Å²) in [7, 11) is -0.302. The number of halogens is 1.